The van der Waals surface area contributed by atoms with Gasteiger partial charge in [0.25, 0.3) is 0 Å². The molecule has 0 saturated carbocycles. The van der Waals surface area contributed by atoms with E-state index < -0.39 is 17.6 Å². The van der Waals surface area contributed by atoms with Gasteiger partial charge in [0.2, 0.25) is 0 Å². The summed E-state index contributed by atoms with van der Waals surface area (Å²) in [5.74, 6) is 0. The van der Waals surface area contributed by atoms with Crippen LogP contribution in [0.5, 0.6) is 0 Å². The van der Waals surface area contributed by atoms with E-state index in [-0.39, 0.29) is 5.65 Å². The Morgan fingerprint density at radius 3 is 2.48 bits per heavy atom. The van der Waals surface area contributed by atoms with E-state index in [1.54, 1.807) is 0 Å². The number of benzene rings is 1. The molecule has 0 bridgehead atoms. The second-order valence-corrected chi connectivity index (χ2v) is 4.67. The van der Waals surface area contributed by atoms with E-state index in [0.717, 1.165) is 21.8 Å². The Morgan fingerprint density at radius 2 is 1.81 bits per heavy atom. The lowest BCUT2D eigenvalue weighted by molar-refractivity contribution is -0.141. The summed E-state index contributed by atoms with van der Waals surface area (Å²) >= 11 is 0. The first-order valence-electron chi connectivity index (χ1n) is 6.15. The highest BCUT2D eigenvalue weighted by atomic mass is 19.4. The summed E-state index contributed by atoms with van der Waals surface area (Å²) in [4.78, 5) is 4.01. The van der Waals surface area contributed by atoms with Gasteiger partial charge >= 0.3 is 6.18 Å². The van der Waals surface area contributed by atoms with Crippen LogP contribution in [0.25, 0.3) is 16.8 Å². The molecule has 0 amide bonds. The normalized spacial score (nSPS) is 12.0. The number of alkyl halides is 3. The Balaban J connectivity index is 2.33. The molecule has 0 aliphatic carbocycles. The van der Waals surface area contributed by atoms with Gasteiger partial charge in [0, 0.05) is 5.56 Å². The molecule has 0 spiro atoms. The maximum absolute atomic E-state index is 13.1. The van der Waals surface area contributed by atoms with Gasteiger partial charge in [-0.3, -0.25) is 0 Å². The molecule has 108 valence electrons. The molecule has 21 heavy (non-hydrogen) atoms. The minimum absolute atomic E-state index is 0.130. The number of aryl methyl sites for hydroxylation is 1. The van der Waals surface area contributed by atoms with Crippen molar-refractivity contribution in [2.24, 2.45) is 0 Å². The van der Waals surface area contributed by atoms with Crippen molar-refractivity contribution in [2.75, 3.05) is 5.73 Å². The quantitative estimate of drug-likeness (QED) is 0.748. The summed E-state index contributed by atoms with van der Waals surface area (Å²) in [6.45, 7) is 1.88. The van der Waals surface area contributed by atoms with Crippen molar-refractivity contribution in [2.45, 2.75) is 13.1 Å². The molecule has 0 unspecified atom stereocenters. The van der Waals surface area contributed by atoms with Gasteiger partial charge in [-0.25, -0.2) is 9.50 Å². The van der Waals surface area contributed by atoms with Gasteiger partial charge in [-0.2, -0.15) is 18.3 Å². The number of nitrogens with two attached hydrogens (primary N) is 1. The summed E-state index contributed by atoms with van der Waals surface area (Å²) in [6.07, 6.45) is -2.21. The number of hydrogen-bond acceptors (Lipinski definition) is 3. The van der Waals surface area contributed by atoms with Crippen LogP contribution >= 0.6 is 0 Å². The van der Waals surface area contributed by atoms with E-state index in [1.807, 2.05) is 31.2 Å². The zero-order valence-electron chi connectivity index (χ0n) is 11.0. The first kappa shape index (κ1) is 13.4. The van der Waals surface area contributed by atoms with Crippen LogP contribution < -0.4 is 5.73 Å². The molecule has 0 fully saturated rings. The molecule has 1 aromatic carbocycles. The third-order valence-electron chi connectivity index (χ3n) is 3.26. The van der Waals surface area contributed by atoms with E-state index in [9.17, 15) is 13.2 Å². The van der Waals surface area contributed by atoms with Crippen LogP contribution in [-0.4, -0.2) is 14.6 Å². The Labute approximate surface area is 118 Å². The van der Waals surface area contributed by atoms with Crippen molar-refractivity contribution in [3.63, 3.8) is 0 Å². The maximum atomic E-state index is 13.1. The summed E-state index contributed by atoms with van der Waals surface area (Å²) in [7, 11) is 0. The lowest BCUT2D eigenvalue weighted by Crippen LogP contribution is -2.16. The van der Waals surface area contributed by atoms with Crippen LogP contribution in [-0.2, 0) is 6.18 Å². The Kier molecular flexibility index (Phi) is 2.86. The zero-order valence-corrected chi connectivity index (χ0v) is 11.0. The van der Waals surface area contributed by atoms with Gasteiger partial charge in [-0.05, 0) is 18.1 Å². The van der Waals surface area contributed by atoms with Crippen LogP contribution in [0.15, 0.2) is 36.7 Å². The molecule has 0 saturated heterocycles. The second-order valence-electron chi connectivity index (χ2n) is 4.67. The highest BCUT2D eigenvalue weighted by Gasteiger charge is 2.37. The maximum Gasteiger partial charge on any atom is 0.435 e. The number of nitrogen functional groups attached to an aromatic ring is 1. The minimum Gasteiger partial charge on any atom is -0.396 e. The Bertz CT molecular complexity index is 821. The highest BCUT2D eigenvalue weighted by Crippen LogP contribution is 2.35. The van der Waals surface area contributed by atoms with Crippen molar-refractivity contribution in [3.8, 4) is 11.1 Å². The number of nitrogens with zero attached hydrogens (tertiary/aromatic N) is 3. The Hall–Kier alpha value is -2.57. The van der Waals surface area contributed by atoms with Gasteiger partial charge in [-0.1, -0.05) is 24.3 Å². The number of rotatable bonds is 1. The molecule has 4 nitrogen and oxygen atoms in total. The predicted octanol–water partition coefficient (Wildman–Crippen LogP) is 3.31. The number of anilines is 1. The minimum atomic E-state index is -4.60. The summed E-state index contributed by atoms with van der Waals surface area (Å²) in [6, 6.07) is 7.36. The van der Waals surface area contributed by atoms with Gasteiger partial charge in [-0.15, -0.1) is 0 Å². The molecule has 0 aliphatic heterocycles. The van der Waals surface area contributed by atoms with Gasteiger partial charge in [0.05, 0.1) is 18.1 Å². The van der Waals surface area contributed by atoms with E-state index in [4.69, 9.17) is 5.73 Å². The van der Waals surface area contributed by atoms with E-state index in [1.165, 1.54) is 6.20 Å². The average Bonchev–Trinajstić information content (AvgIpc) is 2.81. The van der Waals surface area contributed by atoms with Crippen LogP contribution in [0.1, 0.15) is 11.3 Å². The molecular formula is C14H11F3N4. The van der Waals surface area contributed by atoms with Crippen LogP contribution in [0, 0.1) is 6.92 Å². The van der Waals surface area contributed by atoms with Crippen molar-refractivity contribution >= 4 is 11.3 Å². The van der Waals surface area contributed by atoms with Crippen molar-refractivity contribution in [1.29, 1.82) is 0 Å². The van der Waals surface area contributed by atoms with Crippen molar-refractivity contribution in [3.05, 3.63) is 47.9 Å². The average molecular weight is 292 g/mol. The first-order chi connectivity index (χ1) is 9.89. The molecule has 2 heterocycles. The van der Waals surface area contributed by atoms with Crippen molar-refractivity contribution in [1.82, 2.24) is 14.6 Å². The molecule has 2 N–H and O–H groups in total. The van der Waals surface area contributed by atoms with Gasteiger partial charge in [0.1, 0.15) is 0 Å². The molecule has 7 heteroatoms. The summed E-state index contributed by atoms with van der Waals surface area (Å²) < 4.78 is 40.1. The van der Waals surface area contributed by atoms with Gasteiger partial charge < -0.3 is 5.73 Å². The fraction of sp³-hybridized carbons (Fsp3) is 0.143. The van der Waals surface area contributed by atoms with Crippen LogP contribution in [0.2, 0.25) is 0 Å². The number of halogens is 3. The number of hydrogen-bond donors (Lipinski definition) is 1. The topological polar surface area (TPSA) is 56.2 Å². The lowest BCUT2D eigenvalue weighted by Gasteiger charge is -2.11. The summed E-state index contributed by atoms with van der Waals surface area (Å²) in [5.41, 5.74) is 6.34. The van der Waals surface area contributed by atoms with Crippen LogP contribution in [0.3, 0.4) is 0 Å². The number of fused-ring (bicyclic) bond motifs is 1. The molecule has 0 radical (unpaired) electrons. The summed E-state index contributed by atoms with van der Waals surface area (Å²) in [5, 5.41) is 3.82. The molecule has 3 rings (SSSR count). The molecule has 0 aliphatic rings. The second kappa shape index (κ2) is 4.47. The Morgan fingerprint density at radius 1 is 1.10 bits per heavy atom. The van der Waals surface area contributed by atoms with E-state index in [0.29, 0.717) is 5.56 Å². The van der Waals surface area contributed by atoms with Gasteiger partial charge in [0.15, 0.2) is 11.3 Å². The first-order valence-corrected chi connectivity index (χ1v) is 6.15. The SMILES string of the molecule is Cc1ccccc1-c1cnn2c(C(F)(F)F)c(N)cnc12. The predicted molar refractivity (Wildman–Crippen MR) is 72.6 cm³/mol. The fourth-order valence-electron chi connectivity index (χ4n) is 2.29. The zero-order chi connectivity index (χ0) is 15.2. The molecule has 3 aromatic rings. The lowest BCUT2D eigenvalue weighted by atomic mass is 10.0. The van der Waals surface area contributed by atoms with Crippen LogP contribution in [0.4, 0.5) is 18.9 Å². The number of aromatic nitrogens is 3. The fourth-order valence-corrected chi connectivity index (χ4v) is 2.29. The molecular weight excluding hydrogens is 281 g/mol. The molecule has 2 aromatic heterocycles. The largest absolute Gasteiger partial charge is 0.435 e. The smallest absolute Gasteiger partial charge is 0.396 e. The van der Waals surface area contributed by atoms with E-state index in [2.05, 4.69) is 10.1 Å². The standard InChI is InChI=1S/C14H11F3N4/c1-8-4-2-3-5-9(8)10-6-20-21-12(14(15,16)17)11(18)7-19-13(10)21/h2-7H,18H2,1H3. The van der Waals surface area contributed by atoms with E-state index >= 15 is 0 Å². The monoisotopic (exact) mass is 292 g/mol. The third-order valence-corrected chi connectivity index (χ3v) is 3.26. The third kappa shape index (κ3) is 2.10. The van der Waals surface area contributed by atoms with Crippen molar-refractivity contribution < 1.29 is 13.2 Å². The molecule has 0 atom stereocenters. The highest BCUT2D eigenvalue weighted by molar-refractivity contribution is 5.79.